The molecular weight excluding hydrogens is 548 g/mol. The number of aliphatic carboxylic acids is 1. The Morgan fingerprint density at radius 3 is 2.45 bits per heavy atom. The summed E-state index contributed by atoms with van der Waals surface area (Å²) in [5, 5.41) is 9.49. The number of H-pyrrole nitrogens is 1. The van der Waals surface area contributed by atoms with Crippen molar-refractivity contribution in [3.8, 4) is 22.9 Å². The summed E-state index contributed by atoms with van der Waals surface area (Å²) in [4.78, 5) is 18.7. The highest BCUT2D eigenvalue weighted by atomic mass is 79.9. The predicted molar refractivity (Wildman–Crippen MR) is 129 cm³/mol. The lowest BCUT2D eigenvalue weighted by molar-refractivity contribution is -0.137. The van der Waals surface area contributed by atoms with Gasteiger partial charge in [-0.1, -0.05) is 11.6 Å². The number of carboxylic acids is 1. The Morgan fingerprint density at radius 2 is 1.77 bits per heavy atom. The van der Waals surface area contributed by atoms with Crippen molar-refractivity contribution < 1.29 is 14.6 Å². The number of benzene rings is 3. The predicted octanol–water partition coefficient (Wildman–Crippen LogP) is 7.61. The molecule has 0 bridgehead atoms. The zero-order valence-electron chi connectivity index (χ0n) is 16.2. The first-order valence-electron chi connectivity index (χ1n) is 9.52. The van der Waals surface area contributed by atoms with Gasteiger partial charge in [0.15, 0.2) is 5.75 Å². The van der Waals surface area contributed by atoms with Gasteiger partial charge < -0.3 is 14.8 Å². The molecule has 4 aromatic rings. The van der Waals surface area contributed by atoms with E-state index < -0.39 is 5.97 Å². The fourth-order valence-corrected chi connectivity index (χ4v) is 4.78. The molecule has 4 rings (SSSR count). The lowest BCUT2D eigenvalue weighted by atomic mass is 10.1. The van der Waals surface area contributed by atoms with Gasteiger partial charge in [-0.15, -0.1) is 0 Å². The minimum atomic E-state index is -0.786. The van der Waals surface area contributed by atoms with Crippen molar-refractivity contribution in [2.45, 2.75) is 19.3 Å². The van der Waals surface area contributed by atoms with E-state index in [1.807, 2.05) is 54.6 Å². The number of aromatic amines is 1. The highest BCUT2D eigenvalue weighted by Gasteiger charge is 2.12. The van der Waals surface area contributed by atoms with E-state index in [9.17, 15) is 4.79 Å². The van der Waals surface area contributed by atoms with Gasteiger partial charge in [0.25, 0.3) is 0 Å². The minimum Gasteiger partial charge on any atom is -0.481 e. The molecule has 3 aromatic carbocycles. The Labute approximate surface area is 200 Å². The standard InChI is InChI=1S/C23H17Br2ClN2O3/c24-17-10-13(2-1-3-21(29)30)11-18(25)22(17)31-16-8-9-19-20(12-16)28-23(27-19)14-4-6-15(26)7-5-14/h4-12H,1-3H2,(H,27,28)(H,29,30). The lowest BCUT2D eigenvalue weighted by Crippen LogP contribution is -1.96. The van der Waals surface area contributed by atoms with Gasteiger partial charge in [-0.25, -0.2) is 4.98 Å². The van der Waals surface area contributed by atoms with E-state index in [1.54, 1.807) is 0 Å². The van der Waals surface area contributed by atoms with Gasteiger partial charge in [-0.05, 0) is 98.8 Å². The smallest absolute Gasteiger partial charge is 0.303 e. The Morgan fingerprint density at radius 1 is 1.06 bits per heavy atom. The molecule has 0 aliphatic carbocycles. The highest BCUT2D eigenvalue weighted by molar-refractivity contribution is 9.11. The van der Waals surface area contributed by atoms with Crippen molar-refractivity contribution in [2.75, 3.05) is 0 Å². The fraction of sp³-hybridized carbons (Fsp3) is 0.130. The number of carbonyl (C=O) groups is 1. The van der Waals surface area contributed by atoms with Gasteiger partial charge in [0, 0.05) is 23.1 Å². The van der Waals surface area contributed by atoms with Crippen LogP contribution in [0.25, 0.3) is 22.4 Å². The number of rotatable bonds is 7. The van der Waals surface area contributed by atoms with Crippen LogP contribution in [0.2, 0.25) is 5.02 Å². The molecule has 0 fully saturated rings. The van der Waals surface area contributed by atoms with Crippen LogP contribution in [-0.4, -0.2) is 21.0 Å². The molecule has 0 spiro atoms. The van der Waals surface area contributed by atoms with Gasteiger partial charge in [0.1, 0.15) is 11.6 Å². The maximum Gasteiger partial charge on any atom is 0.303 e. The van der Waals surface area contributed by atoms with Gasteiger partial charge in [-0.2, -0.15) is 0 Å². The number of nitrogens with zero attached hydrogens (tertiary/aromatic N) is 1. The van der Waals surface area contributed by atoms with Crippen LogP contribution < -0.4 is 4.74 Å². The third kappa shape index (κ3) is 5.29. The Balaban J connectivity index is 1.55. The van der Waals surface area contributed by atoms with E-state index in [2.05, 4.69) is 41.8 Å². The number of hydrogen-bond donors (Lipinski definition) is 2. The number of aromatic nitrogens is 2. The average molecular weight is 565 g/mol. The summed E-state index contributed by atoms with van der Waals surface area (Å²) < 4.78 is 7.70. The minimum absolute atomic E-state index is 0.149. The molecule has 0 amide bonds. The van der Waals surface area contributed by atoms with Crippen LogP contribution in [0.5, 0.6) is 11.5 Å². The Hall–Kier alpha value is -2.35. The molecule has 0 saturated carbocycles. The zero-order chi connectivity index (χ0) is 22.0. The van der Waals surface area contributed by atoms with Crippen LogP contribution in [-0.2, 0) is 11.2 Å². The second kappa shape index (κ2) is 9.42. The van der Waals surface area contributed by atoms with E-state index in [4.69, 9.17) is 21.4 Å². The largest absolute Gasteiger partial charge is 0.481 e. The van der Waals surface area contributed by atoms with Gasteiger partial charge >= 0.3 is 5.97 Å². The number of ether oxygens (including phenoxy) is 1. The summed E-state index contributed by atoms with van der Waals surface area (Å²) >= 11 is 13.1. The van der Waals surface area contributed by atoms with Crippen LogP contribution in [0.3, 0.4) is 0 Å². The summed E-state index contributed by atoms with van der Waals surface area (Å²) in [7, 11) is 0. The monoisotopic (exact) mass is 562 g/mol. The summed E-state index contributed by atoms with van der Waals surface area (Å²) in [6, 6.07) is 17.1. The Bertz CT molecular complexity index is 1230. The number of imidazole rings is 1. The van der Waals surface area contributed by atoms with Crippen molar-refractivity contribution in [1.29, 1.82) is 0 Å². The van der Waals surface area contributed by atoms with Crippen LogP contribution in [0, 0.1) is 0 Å². The maximum atomic E-state index is 10.7. The SMILES string of the molecule is O=C(O)CCCc1cc(Br)c(Oc2ccc3nc(-c4ccc(Cl)cc4)[nH]c3c2)c(Br)c1. The van der Waals surface area contributed by atoms with Crippen LogP contribution in [0.15, 0.2) is 63.5 Å². The molecule has 0 atom stereocenters. The number of hydrogen-bond acceptors (Lipinski definition) is 3. The second-order valence-electron chi connectivity index (χ2n) is 7.01. The summed E-state index contributed by atoms with van der Waals surface area (Å²) in [6.07, 6.45) is 1.41. The molecule has 0 aliphatic heterocycles. The summed E-state index contributed by atoms with van der Waals surface area (Å²) in [5.41, 5.74) is 3.68. The first kappa shape index (κ1) is 21.9. The fourth-order valence-electron chi connectivity index (χ4n) is 3.21. The maximum absolute atomic E-state index is 10.7. The van der Waals surface area contributed by atoms with Gasteiger partial charge in [0.05, 0.1) is 20.0 Å². The average Bonchev–Trinajstić information content (AvgIpc) is 3.14. The first-order valence-corrected chi connectivity index (χ1v) is 11.5. The molecule has 1 aromatic heterocycles. The Kier molecular flexibility index (Phi) is 6.65. The molecule has 0 radical (unpaired) electrons. The number of halogens is 3. The number of fused-ring (bicyclic) bond motifs is 1. The molecule has 158 valence electrons. The molecule has 31 heavy (non-hydrogen) atoms. The lowest BCUT2D eigenvalue weighted by Gasteiger charge is -2.12. The second-order valence-corrected chi connectivity index (χ2v) is 9.15. The third-order valence-corrected chi connectivity index (χ3v) is 6.14. The van der Waals surface area contributed by atoms with E-state index in [-0.39, 0.29) is 6.42 Å². The van der Waals surface area contributed by atoms with Crippen LogP contribution in [0.4, 0.5) is 0 Å². The number of carboxylic acid groups (broad SMARTS) is 1. The zero-order valence-corrected chi connectivity index (χ0v) is 20.1. The topological polar surface area (TPSA) is 75.2 Å². The van der Waals surface area contributed by atoms with Crippen LogP contribution >= 0.6 is 43.5 Å². The molecule has 0 unspecified atom stereocenters. The highest BCUT2D eigenvalue weighted by Crippen LogP contribution is 2.39. The van der Waals surface area contributed by atoms with Crippen molar-refractivity contribution in [3.63, 3.8) is 0 Å². The third-order valence-electron chi connectivity index (χ3n) is 4.71. The number of nitrogens with one attached hydrogen (secondary N) is 1. The summed E-state index contributed by atoms with van der Waals surface area (Å²) in [6.45, 7) is 0. The first-order chi connectivity index (χ1) is 14.9. The van der Waals surface area contributed by atoms with Gasteiger partial charge in [-0.3, -0.25) is 4.79 Å². The molecule has 0 saturated heterocycles. The molecule has 2 N–H and O–H groups in total. The van der Waals surface area contributed by atoms with Crippen molar-refractivity contribution >= 4 is 60.5 Å². The number of aryl methyl sites for hydroxylation is 1. The molecular formula is C23H17Br2ClN2O3. The normalized spacial score (nSPS) is 11.1. The van der Waals surface area contributed by atoms with E-state index in [0.717, 1.165) is 36.9 Å². The molecule has 0 aliphatic rings. The van der Waals surface area contributed by atoms with Crippen LogP contribution in [0.1, 0.15) is 18.4 Å². The quantitative estimate of drug-likeness (QED) is 0.242. The van der Waals surface area contributed by atoms with E-state index in [0.29, 0.717) is 29.4 Å². The van der Waals surface area contributed by atoms with E-state index >= 15 is 0 Å². The van der Waals surface area contributed by atoms with Crippen molar-refractivity contribution in [1.82, 2.24) is 9.97 Å². The van der Waals surface area contributed by atoms with Crippen molar-refractivity contribution in [3.05, 3.63) is 74.1 Å². The van der Waals surface area contributed by atoms with Crippen molar-refractivity contribution in [2.24, 2.45) is 0 Å². The van der Waals surface area contributed by atoms with E-state index in [1.165, 1.54) is 0 Å². The van der Waals surface area contributed by atoms with Gasteiger partial charge in [0.2, 0.25) is 0 Å². The summed E-state index contributed by atoms with van der Waals surface area (Å²) in [5.74, 6) is 1.29. The molecule has 8 heteroatoms. The molecule has 1 heterocycles. The molecule has 5 nitrogen and oxygen atoms in total.